The van der Waals surface area contributed by atoms with Crippen LogP contribution in [-0.2, 0) is 6.18 Å². The number of alkyl halides is 3. The SMILES string of the molecule is O=C1c2cc([N+](=O)[O-])c3ccccc3c2-c2cnc(C(F)(F)F)nc21. The normalized spacial score (nSPS) is 13.0. The van der Waals surface area contributed by atoms with Crippen LogP contribution in [0, 0.1) is 10.1 Å². The number of nitrogens with zero attached hydrogens (tertiary/aromatic N) is 3. The number of benzene rings is 2. The Morgan fingerprint density at radius 2 is 1.76 bits per heavy atom. The van der Waals surface area contributed by atoms with Crippen molar-refractivity contribution in [3.8, 4) is 11.1 Å². The molecule has 1 aliphatic rings. The third kappa shape index (κ3) is 2.09. The zero-order valence-corrected chi connectivity index (χ0v) is 12.2. The molecule has 0 bridgehead atoms. The van der Waals surface area contributed by atoms with Crippen molar-refractivity contribution in [3.05, 3.63) is 63.7 Å². The van der Waals surface area contributed by atoms with Crippen LogP contribution in [0.5, 0.6) is 0 Å². The van der Waals surface area contributed by atoms with Gasteiger partial charge in [-0.1, -0.05) is 18.2 Å². The predicted octanol–water partition coefficient (Wildman–Crippen LogP) is 3.77. The number of hydrogen-bond donors (Lipinski definition) is 0. The molecule has 6 nitrogen and oxygen atoms in total. The fourth-order valence-corrected chi connectivity index (χ4v) is 2.98. The molecule has 0 aliphatic heterocycles. The molecule has 0 N–H and O–H groups in total. The van der Waals surface area contributed by atoms with Gasteiger partial charge in [-0.25, -0.2) is 9.97 Å². The number of nitro benzene ring substituents is 1. The number of aromatic nitrogens is 2. The van der Waals surface area contributed by atoms with E-state index in [1.165, 1.54) is 6.07 Å². The third-order valence-corrected chi connectivity index (χ3v) is 3.99. The maximum atomic E-state index is 12.8. The van der Waals surface area contributed by atoms with Crippen LogP contribution in [-0.4, -0.2) is 20.7 Å². The van der Waals surface area contributed by atoms with Crippen LogP contribution < -0.4 is 0 Å². The van der Waals surface area contributed by atoms with Crippen LogP contribution in [0.1, 0.15) is 21.9 Å². The lowest BCUT2D eigenvalue weighted by Crippen LogP contribution is -2.13. The highest BCUT2D eigenvalue weighted by Gasteiger charge is 2.39. The quantitative estimate of drug-likeness (QED) is 0.387. The highest BCUT2D eigenvalue weighted by Crippen LogP contribution is 2.44. The van der Waals surface area contributed by atoms with Gasteiger partial charge in [0.25, 0.3) is 5.69 Å². The van der Waals surface area contributed by atoms with Gasteiger partial charge in [0, 0.05) is 29.0 Å². The minimum Gasteiger partial charge on any atom is -0.287 e. The summed E-state index contributed by atoms with van der Waals surface area (Å²) in [5.41, 5.74) is -0.287. The maximum absolute atomic E-state index is 12.8. The van der Waals surface area contributed by atoms with Crippen LogP contribution in [0.4, 0.5) is 18.9 Å². The summed E-state index contributed by atoms with van der Waals surface area (Å²) < 4.78 is 38.4. The topological polar surface area (TPSA) is 86.0 Å². The summed E-state index contributed by atoms with van der Waals surface area (Å²) in [6, 6.07) is 7.39. The molecular formula is C16H6F3N3O3. The number of halogens is 3. The first-order chi connectivity index (χ1) is 11.8. The number of nitro groups is 1. The van der Waals surface area contributed by atoms with E-state index in [1.54, 1.807) is 18.2 Å². The molecule has 4 rings (SSSR count). The van der Waals surface area contributed by atoms with Crippen LogP contribution in [0.3, 0.4) is 0 Å². The molecule has 0 unspecified atom stereocenters. The number of hydrogen-bond acceptors (Lipinski definition) is 5. The summed E-state index contributed by atoms with van der Waals surface area (Å²) in [6.07, 6.45) is -3.86. The number of fused-ring (bicyclic) bond motifs is 5. The van der Waals surface area contributed by atoms with Crippen LogP contribution in [0.15, 0.2) is 36.5 Å². The second-order valence-corrected chi connectivity index (χ2v) is 5.40. The van der Waals surface area contributed by atoms with Crippen LogP contribution in [0.25, 0.3) is 21.9 Å². The molecule has 1 aliphatic carbocycles. The molecule has 0 saturated heterocycles. The van der Waals surface area contributed by atoms with Crippen molar-refractivity contribution in [2.45, 2.75) is 6.18 Å². The van der Waals surface area contributed by atoms with E-state index in [-0.39, 0.29) is 22.2 Å². The van der Waals surface area contributed by atoms with E-state index in [0.29, 0.717) is 10.9 Å². The molecule has 1 heterocycles. The largest absolute Gasteiger partial charge is 0.451 e. The molecule has 0 saturated carbocycles. The fourth-order valence-electron chi connectivity index (χ4n) is 2.98. The monoisotopic (exact) mass is 345 g/mol. The van der Waals surface area contributed by atoms with Crippen molar-refractivity contribution in [2.24, 2.45) is 0 Å². The van der Waals surface area contributed by atoms with Crippen molar-refractivity contribution in [1.29, 1.82) is 0 Å². The number of rotatable bonds is 1. The minimum atomic E-state index is -4.79. The Bertz CT molecular complexity index is 1090. The average Bonchev–Trinajstić information content (AvgIpc) is 2.86. The Morgan fingerprint density at radius 1 is 1.08 bits per heavy atom. The second-order valence-electron chi connectivity index (χ2n) is 5.40. The smallest absolute Gasteiger partial charge is 0.287 e. The van der Waals surface area contributed by atoms with E-state index < -0.39 is 28.4 Å². The first-order valence-electron chi connectivity index (χ1n) is 6.98. The van der Waals surface area contributed by atoms with Gasteiger partial charge in [-0.2, -0.15) is 13.2 Å². The number of ketones is 1. The molecule has 3 aromatic rings. The van der Waals surface area contributed by atoms with Crippen molar-refractivity contribution in [2.75, 3.05) is 0 Å². The lowest BCUT2D eigenvalue weighted by atomic mass is 9.97. The lowest BCUT2D eigenvalue weighted by molar-refractivity contribution is -0.383. The Balaban J connectivity index is 2.08. The summed E-state index contributed by atoms with van der Waals surface area (Å²) in [4.78, 5) is 29.8. The molecule has 25 heavy (non-hydrogen) atoms. The average molecular weight is 345 g/mol. The molecule has 9 heteroatoms. The zero-order valence-electron chi connectivity index (χ0n) is 12.2. The van der Waals surface area contributed by atoms with E-state index in [0.717, 1.165) is 12.3 Å². The van der Waals surface area contributed by atoms with Gasteiger partial charge >= 0.3 is 6.18 Å². The van der Waals surface area contributed by atoms with E-state index >= 15 is 0 Å². The van der Waals surface area contributed by atoms with Crippen molar-refractivity contribution in [1.82, 2.24) is 9.97 Å². The molecule has 0 fully saturated rings. The van der Waals surface area contributed by atoms with E-state index in [4.69, 9.17) is 0 Å². The minimum absolute atomic E-state index is 0.0472. The molecule has 0 atom stereocenters. The number of carbonyl (C=O) groups excluding carboxylic acids is 1. The first kappa shape index (κ1) is 15.2. The summed E-state index contributed by atoms with van der Waals surface area (Å²) in [5, 5.41) is 12.0. The molecule has 1 aromatic heterocycles. The molecule has 0 amide bonds. The summed E-state index contributed by atoms with van der Waals surface area (Å²) in [5.74, 6) is -2.21. The van der Waals surface area contributed by atoms with Gasteiger partial charge in [-0.15, -0.1) is 0 Å². The van der Waals surface area contributed by atoms with Gasteiger partial charge in [0.2, 0.25) is 11.6 Å². The van der Waals surface area contributed by atoms with Crippen LogP contribution >= 0.6 is 0 Å². The fraction of sp³-hybridized carbons (Fsp3) is 0.0625. The van der Waals surface area contributed by atoms with Gasteiger partial charge in [0.15, 0.2) is 0 Å². The first-order valence-corrected chi connectivity index (χ1v) is 6.98. The Kier molecular flexibility index (Phi) is 2.93. The summed E-state index contributed by atoms with van der Waals surface area (Å²) in [6.45, 7) is 0. The summed E-state index contributed by atoms with van der Waals surface area (Å²) in [7, 11) is 0. The van der Waals surface area contributed by atoms with Crippen LogP contribution in [0.2, 0.25) is 0 Å². The third-order valence-electron chi connectivity index (χ3n) is 3.99. The molecular weight excluding hydrogens is 339 g/mol. The maximum Gasteiger partial charge on any atom is 0.451 e. The Hall–Kier alpha value is -3.36. The molecule has 0 radical (unpaired) electrons. The van der Waals surface area contributed by atoms with E-state index in [1.807, 2.05) is 0 Å². The molecule has 0 spiro atoms. The highest BCUT2D eigenvalue weighted by atomic mass is 19.4. The predicted molar refractivity (Wildman–Crippen MR) is 80.1 cm³/mol. The van der Waals surface area contributed by atoms with Gasteiger partial charge in [0.05, 0.1) is 10.3 Å². The van der Waals surface area contributed by atoms with Crippen molar-refractivity contribution < 1.29 is 22.9 Å². The number of non-ortho nitro benzene ring substituents is 1. The highest BCUT2D eigenvalue weighted by molar-refractivity contribution is 6.26. The van der Waals surface area contributed by atoms with Crippen molar-refractivity contribution in [3.63, 3.8) is 0 Å². The number of carbonyl (C=O) groups is 1. The zero-order chi connectivity index (χ0) is 17.9. The second kappa shape index (κ2) is 4.82. The van der Waals surface area contributed by atoms with Gasteiger partial charge in [0.1, 0.15) is 5.69 Å². The summed E-state index contributed by atoms with van der Waals surface area (Å²) >= 11 is 0. The van der Waals surface area contributed by atoms with E-state index in [2.05, 4.69) is 9.97 Å². The molecule has 2 aromatic carbocycles. The Labute approximate surface area is 137 Å². The van der Waals surface area contributed by atoms with Gasteiger partial charge < -0.3 is 0 Å². The molecule has 124 valence electrons. The van der Waals surface area contributed by atoms with Crippen molar-refractivity contribution >= 4 is 22.2 Å². The van der Waals surface area contributed by atoms with Gasteiger partial charge in [-0.05, 0) is 11.5 Å². The van der Waals surface area contributed by atoms with E-state index in [9.17, 15) is 28.1 Å². The standard InChI is InChI=1S/C16H6F3N3O3/c17-16(18,19)15-20-6-10-12-8-4-2-1-3-7(8)11(22(24)25)5-9(12)14(23)13(10)21-15/h1-6H. The van der Waals surface area contributed by atoms with Gasteiger partial charge in [-0.3, -0.25) is 14.9 Å². The Morgan fingerprint density at radius 3 is 2.40 bits per heavy atom. The lowest BCUT2D eigenvalue weighted by Gasteiger charge is -2.07.